The lowest BCUT2D eigenvalue weighted by molar-refractivity contribution is -0.126. The van der Waals surface area contributed by atoms with Gasteiger partial charge in [0.1, 0.15) is 0 Å². The van der Waals surface area contributed by atoms with Crippen LogP contribution in [0, 0.1) is 11.8 Å². The van der Waals surface area contributed by atoms with Crippen LogP contribution in [0.25, 0.3) is 0 Å². The van der Waals surface area contributed by atoms with Gasteiger partial charge in [-0.2, -0.15) is 0 Å². The highest BCUT2D eigenvalue weighted by atomic mass is 32.1. The number of thiophene rings is 1. The highest BCUT2D eigenvalue weighted by Gasteiger charge is 2.26. The average Bonchev–Trinajstić information content (AvgIpc) is 3.06. The first-order chi connectivity index (χ1) is 11.2. The number of piperidine rings is 1. The molecule has 0 bridgehead atoms. The number of likely N-dealkylation sites (tertiary alicyclic amines) is 1. The van der Waals surface area contributed by atoms with E-state index in [4.69, 9.17) is 5.73 Å². The van der Waals surface area contributed by atoms with Gasteiger partial charge >= 0.3 is 0 Å². The second-order valence-electron chi connectivity index (χ2n) is 7.19. The molecule has 1 saturated carbocycles. The third-order valence-electron chi connectivity index (χ3n) is 5.21. The SMILES string of the molecule is NC1CCCC(C(=O)NCC2CCCN(Cc3cccs3)C2)C1. The molecule has 1 aromatic rings. The van der Waals surface area contributed by atoms with Gasteiger partial charge in [0.2, 0.25) is 5.91 Å². The van der Waals surface area contributed by atoms with E-state index < -0.39 is 0 Å². The number of amides is 1. The van der Waals surface area contributed by atoms with Gasteiger partial charge in [0.15, 0.2) is 0 Å². The number of nitrogens with zero attached hydrogens (tertiary/aromatic N) is 1. The van der Waals surface area contributed by atoms with Gasteiger partial charge in [-0.05, 0) is 56.0 Å². The van der Waals surface area contributed by atoms with Crippen molar-refractivity contribution in [2.75, 3.05) is 19.6 Å². The molecule has 0 aromatic carbocycles. The first kappa shape index (κ1) is 16.9. The third kappa shape index (κ3) is 5.03. The zero-order chi connectivity index (χ0) is 16.1. The number of hydrogen-bond donors (Lipinski definition) is 2. The van der Waals surface area contributed by atoms with E-state index in [0.29, 0.717) is 5.92 Å². The Hall–Kier alpha value is -0.910. The molecule has 1 saturated heterocycles. The van der Waals surface area contributed by atoms with Gasteiger partial charge in [-0.25, -0.2) is 0 Å². The minimum absolute atomic E-state index is 0.143. The van der Waals surface area contributed by atoms with Crippen molar-refractivity contribution < 1.29 is 4.79 Å². The van der Waals surface area contributed by atoms with E-state index >= 15 is 0 Å². The van der Waals surface area contributed by atoms with Crippen molar-refractivity contribution in [3.63, 3.8) is 0 Å². The van der Waals surface area contributed by atoms with Crippen LogP contribution in [0.2, 0.25) is 0 Å². The fourth-order valence-corrected chi connectivity index (χ4v) is 4.69. The Morgan fingerprint density at radius 3 is 3.04 bits per heavy atom. The van der Waals surface area contributed by atoms with Crippen LogP contribution in [-0.2, 0) is 11.3 Å². The van der Waals surface area contributed by atoms with Crippen molar-refractivity contribution in [2.45, 2.75) is 51.1 Å². The predicted octanol–water partition coefficient (Wildman–Crippen LogP) is 2.59. The molecular formula is C18H29N3OS. The normalized spacial score (nSPS) is 29.3. The topological polar surface area (TPSA) is 58.4 Å². The van der Waals surface area contributed by atoms with Crippen molar-refractivity contribution in [1.29, 1.82) is 0 Å². The van der Waals surface area contributed by atoms with Crippen molar-refractivity contribution in [1.82, 2.24) is 10.2 Å². The number of carbonyl (C=O) groups is 1. The van der Waals surface area contributed by atoms with Crippen molar-refractivity contribution >= 4 is 17.2 Å². The highest BCUT2D eigenvalue weighted by molar-refractivity contribution is 7.09. The van der Waals surface area contributed by atoms with Crippen molar-refractivity contribution in [3.8, 4) is 0 Å². The number of hydrogen-bond acceptors (Lipinski definition) is 4. The Bertz CT molecular complexity index is 490. The summed E-state index contributed by atoms with van der Waals surface area (Å²) in [5.41, 5.74) is 6.00. The predicted molar refractivity (Wildman–Crippen MR) is 95.3 cm³/mol. The molecule has 1 aliphatic carbocycles. The molecule has 3 N–H and O–H groups in total. The molecule has 2 fully saturated rings. The molecule has 3 unspecified atom stereocenters. The molecule has 1 aliphatic heterocycles. The van der Waals surface area contributed by atoms with Crippen LogP contribution in [0.5, 0.6) is 0 Å². The largest absolute Gasteiger partial charge is 0.356 e. The fourth-order valence-electron chi connectivity index (χ4n) is 3.94. The maximum atomic E-state index is 12.3. The van der Waals surface area contributed by atoms with Gasteiger partial charge in [-0.1, -0.05) is 12.5 Å². The van der Waals surface area contributed by atoms with E-state index in [1.807, 2.05) is 11.3 Å². The van der Waals surface area contributed by atoms with E-state index in [1.165, 1.54) is 24.3 Å². The molecule has 2 aliphatic rings. The van der Waals surface area contributed by atoms with E-state index in [2.05, 4.69) is 27.7 Å². The molecular weight excluding hydrogens is 306 g/mol. The maximum absolute atomic E-state index is 12.3. The number of carbonyl (C=O) groups excluding carboxylic acids is 1. The summed E-state index contributed by atoms with van der Waals surface area (Å²) in [7, 11) is 0. The molecule has 5 heteroatoms. The molecule has 23 heavy (non-hydrogen) atoms. The summed E-state index contributed by atoms with van der Waals surface area (Å²) in [4.78, 5) is 16.3. The van der Waals surface area contributed by atoms with Crippen LogP contribution < -0.4 is 11.1 Å². The van der Waals surface area contributed by atoms with Gasteiger partial charge in [0, 0.05) is 36.5 Å². The Kier molecular flexibility index (Phi) is 6.08. The van der Waals surface area contributed by atoms with Crippen LogP contribution >= 0.6 is 11.3 Å². The summed E-state index contributed by atoms with van der Waals surface area (Å²) in [6, 6.07) is 4.55. The second kappa shape index (κ2) is 8.27. The van der Waals surface area contributed by atoms with E-state index in [-0.39, 0.29) is 17.9 Å². The highest BCUT2D eigenvalue weighted by Crippen LogP contribution is 2.24. The molecule has 3 atom stereocenters. The quantitative estimate of drug-likeness (QED) is 0.869. The minimum atomic E-state index is 0.143. The van der Waals surface area contributed by atoms with Gasteiger partial charge in [0.05, 0.1) is 0 Å². The first-order valence-corrected chi connectivity index (χ1v) is 9.86. The molecule has 128 valence electrons. The van der Waals surface area contributed by atoms with Gasteiger partial charge in [-0.3, -0.25) is 9.69 Å². The van der Waals surface area contributed by atoms with Crippen LogP contribution in [0.3, 0.4) is 0 Å². The summed E-state index contributed by atoms with van der Waals surface area (Å²) in [5, 5.41) is 5.35. The van der Waals surface area contributed by atoms with E-state index in [9.17, 15) is 4.79 Å². The van der Waals surface area contributed by atoms with Gasteiger partial charge in [-0.15, -0.1) is 11.3 Å². The zero-order valence-electron chi connectivity index (χ0n) is 13.9. The Morgan fingerprint density at radius 1 is 1.35 bits per heavy atom. The average molecular weight is 336 g/mol. The number of rotatable bonds is 5. The second-order valence-corrected chi connectivity index (χ2v) is 8.22. The van der Waals surface area contributed by atoms with E-state index in [1.54, 1.807) is 0 Å². The van der Waals surface area contributed by atoms with Crippen molar-refractivity contribution in [3.05, 3.63) is 22.4 Å². The van der Waals surface area contributed by atoms with Gasteiger partial charge < -0.3 is 11.1 Å². The Balaban J connectivity index is 1.41. The maximum Gasteiger partial charge on any atom is 0.223 e. The minimum Gasteiger partial charge on any atom is -0.356 e. The zero-order valence-corrected chi connectivity index (χ0v) is 14.7. The summed E-state index contributed by atoms with van der Waals surface area (Å²) < 4.78 is 0. The van der Waals surface area contributed by atoms with Crippen LogP contribution in [-0.4, -0.2) is 36.5 Å². The molecule has 1 aromatic heterocycles. The fraction of sp³-hybridized carbons (Fsp3) is 0.722. The smallest absolute Gasteiger partial charge is 0.223 e. The summed E-state index contributed by atoms with van der Waals surface area (Å²) in [6.45, 7) is 4.16. The molecule has 4 nitrogen and oxygen atoms in total. The number of nitrogens with one attached hydrogen (secondary N) is 1. The van der Waals surface area contributed by atoms with E-state index in [0.717, 1.165) is 45.3 Å². The first-order valence-electron chi connectivity index (χ1n) is 8.98. The third-order valence-corrected chi connectivity index (χ3v) is 6.07. The Labute approximate surface area is 143 Å². The molecule has 1 amide bonds. The summed E-state index contributed by atoms with van der Waals surface area (Å²) >= 11 is 1.83. The lowest BCUT2D eigenvalue weighted by atomic mass is 9.85. The summed E-state index contributed by atoms with van der Waals surface area (Å²) in [6.07, 6.45) is 6.50. The van der Waals surface area contributed by atoms with Crippen LogP contribution in [0.1, 0.15) is 43.4 Å². The molecule has 0 spiro atoms. The molecule has 3 rings (SSSR count). The van der Waals surface area contributed by atoms with Crippen LogP contribution in [0.15, 0.2) is 17.5 Å². The number of nitrogens with two attached hydrogens (primary N) is 1. The van der Waals surface area contributed by atoms with Gasteiger partial charge in [0.25, 0.3) is 0 Å². The lowest BCUT2D eigenvalue weighted by Crippen LogP contribution is -2.43. The Morgan fingerprint density at radius 2 is 2.26 bits per heavy atom. The molecule has 0 radical (unpaired) electrons. The summed E-state index contributed by atoms with van der Waals surface area (Å²) in [5.74, 6) is 0.963. The van der Waals surface area contributed by atoms with Crippen LogP contribution in [0.4, 0.5) is 0 Å². The molecule has 2 heterocycles. The monoisotopic (exact) mass is 335 g/mol. The lowest BCUT2D eigenvalue weighted by Gasteiger charge is -2.33. The van der Waals surface area contributed by atoms with Crippen molar-refractivity contribution in [2.24, 2.45) is 17.6 Å². The standard InChI is InChI=1S/C18H29N3OS/c19-16-6-1-5-15(10-16)18(22)20-11-14-4-2-8-21(12-14)13-17-7-3-9-23-17/h3,7,9,14-16H,1-2,4-6,8,10-13,19H2,(H,20,22).